The zero-order valence-corrected chi connectivity index (χ0v) is 12.5. The van der Waals surface area contributed by atoms with E-state index in [9.17, 15) is 4.79 Å². The average molecular weight is 334 g/mol. The average Bonchev–Trinajstić information content (AvgIpc) is 2.31. The van der Waals surface area contributed by atoms with Crippen LogP contribution in [0.3, 0.4) is 0 Å². The van der Waals surface area contributed by atoms with Crippen molar-refractivity contribution in [3.63, 3.8) is 0 Å². The summed E-state index contributed by atoms with van der Waals surface area (Å²) in [6.45, 7) is 4.52. The molecule has 1 rings (SSSR count). The Bertz CT molecular complexity index is 458. The first-order chi connectivity index (χ1) is 8.58. The van der Waals surface area contributed by atoms with E-state index in [2.05, 4.69) is 15.9 Å². The van der Waals surface area contributed by atoms with Crippen LogP contribution in [0.5, 0.6) is 5.75 Å². The van der Waals surface area contributed by atoms with Gasteiger partial charge in [0.15, 0.2) is 0 Å². The minimum Gasteiger partial charge on any atom is -0.492 e. The predicted molar refractivity (Wildman–Crippen MR) is 76.0 cm³/mol. The van der Waals surface area contributed by atoms with Crippen LogP contribution in [0.15, 0.2) is 22.7 Å². The highest BCUT2D eigenvalue weighted by Gasteiger charge is 2.08. The van der Waals surface area contributed by atoms with Gasteiger partial charge in [0.2, 0.25) is 0 Å². The third kappa shape index (κ3) is 4.35. The molecule has 1 aromatic rings. The van der Waals surface area contributed by atoms with E-state index in [0.717, 1.165) is 10.0 Å². The second kappa shape index (κ2) is 7.44. The van der Waals surface area contributed by atoms with Crippen LogP contribution in [-0.4, -0.2) is 19.2 Å². The molecule has 0 aliphatic heterocycles. The first-order valence-corrected chi connectivity index (χ1v) is 6.72. The molecule has 0 aliphatic rings. The van der Waals surface area contributed by atoms with Gasteiger partial charge in [0.1, 0.15) is 5.75 Å². The Hall–Kier alpha value is -1.00. The molecule has 18 heavy (non-hydrogen) atoms. The van der Waals surface area contributed by atoms with Crippen LogP contribution in [0.4, 0.5) is 0 Å². The van der Waals surface area contributed by atoms with Crippen molar-refractivity contribution in [1.29, 1.82) is 0 Å². The number of carbonyl (C=O) groups is 1. The number of carbonyl (C=O) groups excluding carboxylic acids is 1. The molecule has 0 atom stereocenters. The summed E-state index contributed by atoms with van der Waals surface area (Å²) in [4.78, 5) is 11.3. The van der Waals surface area contributed by atoms with Gasteiger partial charge in [0.25, 0.3) is 0 Å². The molecule has 0 unspecified atom stereocenters. The number of esters is 1. The zero-order chi connectivity index (χ0) is 13.5. The fourth-order valence-corrected chi connectivity index (χ4v) is 2.30. The Labute approximate surface area is 120 Å². The number of ether oxygens (including phenoxy) is 2. The van der Waals surface area contributed by atoms with Crippen molar-refractivity contribution in [3.8, 4) is 5.75 Å². The molecule has 0 N–H and O–H groups in total. The Morgan fingerprint density at radius 1 is 1.39 bits per heavy atom. The molecule has 0 bridgehead atoms. The van der Waals surface area contributed by atoms with Crippen molar-refractivity contribution < 1.29 is 14.3 Å². The molecule has 0 aliphatic carbocycles. The molecule has 1 aromatic carbocycles. The summed E-state index contributed by atoms with van der Waals surface area (Å²) in [7, 11) is 0. The molecular weight excluding hydrogens is 319 g/mol. The number of hydrogen-bond donors (Lipinski definition) is 0. The lowest BCUT2D eigenvalue weighted by atomic mass is 10.2. The number of rotatable bonds is 5. The Morgan fingerprint density at radius 2 is 2.11 bits per heavy atom. The van der Waals surface area contributed by atoms with E-state index in [1.54, 1.807) is 25.1 Å². The maximum Gasteiger partial charge on any atom is 0.330 e. The smallest absolute Gasteiger partial charge is 0.330 e. The van der Waals surface area contributed by atoms with Gasteiger partial charge in [-0.05, 0) is 48.0 Å². The fraction of sp³-hybridized carbons (Fsp3) is 0.308. The first kappa shape index (κ1) is 15.1. The number of hydrogen-bond acceptors (Lipinski definition) is 3. The Morgan fingerprint density at radius 3 is 2.72 bits per heavy atom. The Balaban J connectivity index is 3.02. The molecule has 98 valence electrons. The second-order valence-electron chi connectivity index (χ2n) is 3.32. The highest BCUT2D eigenvalue weighted by molar-refractivity contribution is 9.10. The summed E-state index contributed by atoms with van der Waals surface area (Å²) < 4.78 is 11.1. The van der Waals surface area contributed by atoms with E-state index in [-0.39, 0.29) is 0 Å². The molecule has 0 saturated heterocycles. The van der Waals surface area contributed by atoms with Gasteiger partial charge < -0.3 is 9.47 Å². The highest BCUT2D eigenvalue weighted by Crippen LogP contribution is 2.33. The summed E-state index contributed by atoms with van der Waals surface area (Å²) in [5.41, 5.74) is 0.726. The van der Waals surface area contributed by atoms with Gasteiger partial charge in [-0.1, -0.05) is 11.6 Å². The van der Waals surface area contributed by atoms with E-state index in [1.165, 1.54) is 6.08 Å². The summed E-state index contributed by atoms with van der Waals surface area (Å²) >= 11 is 9.34. The van der Waals surface area contributed by atoms with Crippen LogP contribution in [0.25, 0.3) is 6.08 Å². The zero-order valence-electron chi connectivity index (χ0n) is 10.2. The normalized spacial score (nSPS) is 10.7. The molecular formula is C13H14BrClO3. The summed E-state index contributed by atoms with van der Waals surface area (Å²) in [5.74, 6) is 0.262. The van der Waals surface area contributed by atoms with E-state index in [4.69, 9.17) is 21.1 Å². The maximum atomic E-state index is 11.3. The minimum atomic E-state index is -0.393. The largest absolute Gasteiger partial charge is 0.492 e. The van der Waals surface area contributed by atoms with Crippen LogP contribution in [-0.2, 0) is 9.53 Å². The van der Waals surface area contributed by atoms with E-state index in [0.29, 0.717) is 24.0 Å². The van der Waals surface area contributed by atoms with Gasteiger partial charge in [-0.2, -0.15) is 0 Å². The van der Waals surface area contributed by atoms with Crippen molar-refractivity contribution in [2.75, 3.05) is 13.2 Å². The predicted octanol–water partition coefficient (Wildman–Crippen LogP) is 4.08. The van der Waals surface area contributed by atoms with E-state index in [1.807, 2.05) is 6.92 Å². The quantitative estimate of drug-likeness (QED) is 0.602. The van der Waals surface area contributed by atoms with Crippen LogP contribution in [0, 0.1) is 0 Å². The van der Waals surface area contributed by atoms with Gasteiger partial charge in [0.05, 0.1) is 17.7 Å². The fourth-order valence-electron chi connectivity index (χ4n) is 1.35. The molecule has 0 radical (unpaired) electrons. The molecule has 0 aromatic heterocycles. The summed E-state index contributed by atoms with van der Waals surface area (Å²) in [6, 6.07) is 3.47. The molecule has 0 heterocycles. The van der Waals surface area contributed by atoms with Gasteiger partial charge >= 0.3 is 5.97 Å². The van der Waals surface area contributed by atoms with Gasteiger partial charge in [0, 0.05) is 16.7 Å². The van der Waals surface area contributed by atoms with E-state index >= 15 is 0 Å². The van der Waals surface area contributed by atoms with Crippen LogP contribution in [0.1, 0.15) is 19.4 Å². The van der Waals surface area contributed by atoms with Gasteiger partial charge in [-0.3, -0.25) is 0 Å². The van der Waals surface area contributed by atoms with Crippen molar-refractivity contribution in [1.82, 2.24) is 0 Å². The lowest BCUT2D eigenvalue weighted by molar-refractivity contribution is -0.137. The molecule has 0 amide bonds. The first-order valence-electron chi connectivity index (χ1n) is 5.55. The van der Waals surface area contributed by atoms with Crippen molar-refractivity contribution in [2.24, 2.45) is 0 Å². The number of halogens is 2. The second-order valence-corrected chi connectivity index (χ2v) is 4.62. The van der Waals surface area contributed by atoms with Crippen molar-refractivity contribution in [2.45, 2.75) is 13.8 Å². The Kier molecular flexibility index (Phi) is 6.22. The topological polar surface area (TPSA) is 35.5 Å². The van der Waals surface area contributed by atoms with Crippen molar-refractivity contribution >= 4 is 39.6 Å². The molecule has 0 spiro atoms. The maximum absolute atomic E-state index is 11.3. The van der Waals surface area contributed by atoms with Crippen LogP contribution >= 0.6 is 27.5 Å². The molecule has 3 nitrogen and oxygen atoms in total. The summed E-state index contributed by atoms with van der Waals surface area (Å²) in [6.07, 6.45) is 2.98. The lowest BCUT2D eigenvalue weighted by Gasteiger charge is -2.10. The van der Waals surface area contributed by atoms with Crippen molar-refractivity contribution in [3.05, 3.63) is 33.3 Å². The van der Waals surface area contributed by atoms with Gasteiger partial charge in [-0.25, -0.2) is 4.79 Å². The molecule has 5 heteroatoms. The summed E-state index contributed by atoms with van der Waals surface area (Å²) in [5, 5.41) is 0.564. The van der Waals surface area contributed by atoms with Crippen LogP contribution < -0.4 is 4.74 Å². The standard InChI is InChI=1S/C13H14BrClO3/c1-3-17-12(16)6-5-9-7-10(15)8-11(14)13(9)18-4-2/h5-8H,3-4H2,1-2H3. The highest BCUT2D eigenvalue weighted by atomic mass is 79.9. The molecule has 0 fully saturated rings. The van der Waals surface area contributed by atoms with E-state index < -0.39 is 5.97 Å². The SMILES string of the molecule is CCOC(=O)C=Cc1cc(Cl)cc(Br)c1OCC. The van der Waals surface area contributed by atoms with Crippen LogP contribution in [0.2, 0.25) is 5.02 Å². The van der Waals surface area contributed by atoms with Gasteiger partial charge in [-0.15, -0.1) is 0 Å². The third-order valence-electron chi connectivity index (χ3n) is 2.01. The molecule has 0 saturated carbocycles. The number of benzene rings is 1. The monoisotopic (exact) mass is 332 g/mol. The third-order valence-corrected chi connectivity index (χ3v) is 2.82. The lowest BCUT2D eigenvalue weighted by Crippen LogP contribution is -1.99. The minimum absolute atomic E-state index is 0.348.